The molecular formula is C23H17ClN2OS. The fraction of sp³-hybridized carbons (Fsp3) is 0.130. The number of halogens is 1. The molecule has 0 fully saturated rings. The van der Waals surface area contributed by atoms with Crippen molar-refractivity contribution in [1.82, 2.24) is 9.88 Å². The average Bonchev–Trinajstić information content (AvgIpc) is 3.21. The van der Waals surface area contributed by atoms with Crippen LogP contribution in [0.5, 0.6) is 0 Å². The number of hydrogen-bond donors (Lipinski definition) is 0. The van der Waals surface area contributed by atoms with Crippen LogP contribution in [0.2, 0.25) is 5.15 Å². The standard InChI is InChI=1S/C23H17ClN2OS/c24-22-18-14-20(28-21(18)17-8-4-5-9-19(17)25-22)23(27)26-12-10-16(11-13-26)15-6-2-1-3-7-15/h1-10,14H,11-13H2. The fourth-order valence-electron chi connectivity index (χ4n) is 3.70. The summed E-state index contributed by atoms with van der Waals surface area (Å²) in [5, 5.41) is 2.34. The summed E-state index contributed by atoms with van der Waals surface area (Å²) >= 11 is 7.89. The SMILES string of the molecule is O=C(c1cc2c(Cl)nc3ccccc3c2s1)N1CC=C(c2ccccc2)CC1. The molecule has 0 saturated heterocycles. The Kier molecular flexibility index (Phi) is 4.38. The number of nitrogens with zero attached hydrogens (tertiary/aromatic N) is 2. The zero-order valence-electron chi connectivity index (χ0n) is 15.1. The number of para-hydroxylation sites is 1. The molecule has 5 heteroatoms. The van der Waals surface area contributed by atoms with Crippen molar-refractivity contribution in [3.8, 4) is 0 Å². The van der Waals surface area contributed by atoms with Gasteiger partial charge in [0.25, 0.3) is 5.91 Å². The summed E-state index contributed by atoms with van der Waals surface area (Å²) in [7, 11) is 0. The lowest BCUT2D eigenvalue weighted by molar-refractivity contribution is 0.0778. The minimum atomic E-state index is 0.0599. The van der Waals surface area contributed by atoms with Crippen LogP contribution in [-0.2, 0) is 0 Å². The van der Waals surface area contributed by atoms with E-state index >= 15 is 0 Å². The summed E-state index contributed by atoms with van der Waals surface area (Å²) in [5.41, 5.74) is 3.40. The lowest BCUT2D eigenvalue weighted by Crippen LogP contribution is -2.34. The number of rotatable bonds is 2. The zero-order valence-corrected chi connectivity index (χ0v) is 16.6. The van der Waals surface area contributed by atoms with E-state index in [2.05, 4.69) is 23.2 Å². The van der Waals surface area contributed by atoms with E-state index in [0.717, 1.165) is 34.0 Å². The van der Waals surface area contributed by atoms with Gasteiger partial charge in [0, 0.05) is 28.6 Å². The van der Waals surface area contributed by atoms with Crippen LogP contribution >= 0.6 is 22.9 Å². The van der Waals surface area contributed by atoms with E-state index in [0.29, 0.717) is 16.6 Å². The Morgan fingerprint density at radius 1 is 1.04 bits per heavy atom. The molecule has 1 amide bonds. The van der Waals surface area contributed by atoms with Gasteiger partial charge < -0.3 is 4.90 Å². The Morgan fingerprint density at radius 2 is 1.82 bits per heavy atom. The second-order valence-electron chi connectivity index (χ2n) is 6.87. The van der Waals surface area contributed by atoms with Crippen molar-refractivity contribution < 1.29 is 4.79 Å². The van der Waals surface area contributed by atoms with Gasteiger partial charge in [0.15, 0.2) is 0 Å². The zero-order chi connectivity index (χ0) is 19.1. The molecule has 0 unspecified atom stereocenters. The fourth-order valence-corrected chi connectivity index (χ4v) is 5.16. The van der Waals surface area contributed by atoms with Crippen molar-refractivity contribution in [3.63, 3.8) is 0 Å². The first-order chi connectivity index (χ1) is 13.7. The van der Waals surface area contributed by atoms with Gasteiger partial charge in [-0.15, -0.1) is 11.3 Å². The van der Waals surface area contributed by atoms with Gasteiger partial charge in [0.1, 0.15) is 5.15 Å². The predicted octanol–water partition coefficient (Wildman–Crippen LogP) is 6.03. The molecule has 0 bridgehead atoms. The molecule has 0 N–H and O–H groups in total. The molecule has 1 aliphatic heterocycles. The Labute approximate surface area is 171 Å². The van der Waals surface area contributed by atoms with E-state index in [1.807, 2.05) is 53.4 Å². The highest BCUT2D eigenvalue weighted by molar-refractivity contribution is 7.21. The first-order valence-electron chi connectivity index (χ1n) is 9.22. The second-order valence-corrected chi connectivity index (χ2v) is 8.28. The highest BCUT2D eigenvalue weighted by atomic mass is 35.5. The third-order valence-corrected chi connectivity index (χ3v) is 6.62. The van der Waals surface area contributed by atoms with Crippen LogP contribution < -0.4 is 0 Å². The Morgan fingerprint density at radius 3 is 2.61 bits per heavy atom. The van der Waals surface area contributed by atoms with E-state index in [1.165, 1.54) is 22.5 Å². The van der Waals surface area contributed by atoms with Gasteiger partial charge in [0.05, 0.1) is 10.4 Å². The summed E-state index contributed by atoms with van der Waals surface area (Å²) in [6.45, 7) is 1.35. The minimum absolute atomic E-state index is 0.0599. The summed E-state index contributed by atoms with van der Waals surface area (Å²) in [5.74, 6) is 0.0599. The topological polar surface area (TPSA) is 33.2 Å². The monoisotopic (exact) mass is 404 g/mol. The number of aromatic nitrogens is 1. The molecule has 0 aliphatic carbocycles. The van der Waals surface area contributed by atoms with Crippen LogP contribution in [0.25, 0.3) is 26.6 Å². The number of pyridine rings is 1. The molecular weight excluding hydrogens is 388 g/mol. The van der Waals surface area contributed by atoms with Crippen molar-refractivity contribution >= 4 is 55.4 Å². The number of fused-ring (bicyclic) bond motifs is 3. The van der Waals surface area contributed by atoms with E-state index in [1.54, 1.807) is 0 Å². The van der Waals surface area contributed by atoms with Crippen LogP contribution in [0, 0.1) is 0 Å². The van der Waals surface area contributed by atoms with E-state index < -0.39 is 0 Å². The largest absolute Gasteiger partial charge is 0.334 e. The lowest BCUT2D eigenvalue weighted by Gasteiger charge is -2.26. The lowest BCUT2D eigenvalue weighted by atomic mass is 9.99. The van der Waals surface area contributed by atoms with Crippen LogP contribution in [0.3, 0.4) is 0 Å². The number of benzene rings is 2. The van der Waals surface area contributed by atoms with Crippen molar-refractivity contribution in [2.75, 3.05) is 13.1 Å². The van der Waals surface area contributed by atoms with Crippen LogP contribution in [-0.4, -0.2) is 28.9 Å². The second kappa shape index (κ2) is 7.04. The van der Waals surface area contributed by atoms with Gasteiger partial charge in [-0.2, -0.15) is 0 Å². The molecule has 28 heavy (non-hydrogen) atoms. The van der Waals surface area contributed by atoms with E-state index in [-0.39, 0.29) is 5.91 Å². The van der Waals surface area contributed by atoms with E-state index in [4.69, 9.17) is 11.6 Å². The van der Waals surface area contributed by atoms with Gasteiger partial charge in [-0.1, -0.05) is 66.2 Å². The molecule has 3 nitrogen and oxygen atoms in total. The van der Waals surface area contributed by atoms with Crippen molar-refractivity contribution in [2.24, 2.45) is 0 Å². The minimum Gasteiger partial charge on any atom is -0.334 e. The molecule has 1 aliphatic rings. The Hall–Kier alpha value is -2.69. The maximum atomic E-state index is 13.1. The van der Waals surface area contributed by atoms with Gasteiger partial charge in [-0.3, -0.25) is 4.79 Å². The number of amides is 1. The molecule has 0 atom stereocenters. The number of thiophene rings is 1. The number of hydrogen-bond acceptors (Lipinski definition) is 3. The van der Waals surface area contributed by atoms with Crippen molar-refractivity contribution in [2.45, 2.75) is 6.42 Å². The molecule has 0 spiro atoms. The van der Waals surface area contributed by atoms with Gasteiger partial charge in [0.2, 0.25) is 0 Å². The van der Waals surface area contributed by atoms with Crippen LogP contribution in [0.1, 0.15) is 21.7 Å². The highest BCUT2D eigenvalue weighted by Crippen LogP contribution is 2.36. The highest BCUT2D eigenvalue weighted by Gasteiger charge is 2.22. The third-order valence-electron chi connectivity index (χ3n) is 5.17. The van der Waals surface area contributed by atoms with Crippen molar-refractivity contribution in [3.05, 3.63) is 82.3 Å². The summed E-state index contributed by atoms with van der Waals surface area (Å²) < 4.78 is 1.02. The first kappa shape index (κ1) is 17.4. The molecule has 2 aromatic heterocycles. The first-order valence-corrected chi connectivity index (χ1v) is 10.4. The molecule has 138 valence electrons. The average molecular weight is 405 g/mol. The molecule has 0 saturated carbocycles. The summed E-state index contributed by atoms with van der Waals surface area (Å²) in [4.78, 5) is 20.2. The normalized spacial score (nSPS) is 14.5. The van der Waals surface area contributed by atoms with Crippen molar-refractivity contribution in [1.29, 1.82) is 0 Å². The number of carbonyl (C=O) groups excluding carboxylic acids is 1. The maximum absolute atomic E-state index is 13.1. The van der Waals surface area contributed by atoms with E-state index in [9.17, 15) is 4.79 Å². The van der Waals surface area contributed by atoms with Gasteiger partial charge in [-0.05, 0) is 29.7 Å². The molecule has 3 heterocycles. The van der Waals surface area contributed by atoms with Crippen LogP contribution in [0.15, 0.2) is 66.7 Å². The molecule has 2 aromatic carbocycles. The maximum Gasteiger partial charge on any atom is 0.264 e. The molecule has 0 radical (unpaired) electrons. The molecule has 5 rings (SSSR count). The van der Waals surface area contributed by atoms with Gasteiger partial charge in [-0.25, -0.2) is 4.98 Å². The quantitative estimate of drug-likeness (QED) is 0.382. The molecule has 4 aromatic rings. The smallest absolute Gasteiger partial charge is 0.264 e. The van der Waals surface area contributed by atoms with Gasteiger partial charge >= 0.3 is 0 Å². The number of carbonyl (C=O) groups is 1. The van der Waals surface area contributed by atoms with Crippen LogP contribution in [0.4, 0.5) is 0 Å². The Balaban J connectivity index is 1.46. The predicted molar refractivity (Wildman–Crippen MR) is 117 cm³/mol. The third kappa shape index (κ3) is 2.99. The summed E-state index contributed by atoms with van der Waals surface area (Å²) in [6.07, 6.45) is 3.03. The Bertz CT molecular complexity index is 1230. The summed E-state index contributed by atoms with van der Waals surface area (Å²) in [6, 6.07) is 20.2.